The fourth-order valence-corrected chi connectivity index (χ4v) is 3.55. The Balaban J connectivity index is 1.41. The first-order valence-electron chi connectivity index (χ1n) is 8.64. The van der Waals surface area contributed by atoms with Gasteiger partial charge in [0, 0.05) is 16.5 Å². The summed E-state index contributed by atoms with van der Waals surface area (Å²) in [4.78, 5) is 18.1. The third kappa shape index (κ3) is 3.70. The zero-order chi connectivity index (χ0) is 18.1. The topological polar surface area (TPSA) is 64.4 Å². The van der Waals surface area contributed by atoms with Gasteiger partial charge >= 0.3 is 0 Å². The lowest BCUT2D eigenvalue weighted by atomic mass is 10.3. The van der Waals surface area contributed by atoms with E-state index in [2.05, 4.69) is 10.3 Å². The quantitative estimate of drug-likeness (QED) is 0.631. The second kappa shape index (κ2) is 7.03. The smallest absolute Gasteiger partial charge is 0.237 e. The van der Waals surface area contributed by atoms with Crippen LogP contribution in [0.25, 0.3) is 11.1 Å². The predicted molar refractivity (Wildman–Crippen MR) is 103 cm³/mol. The lowest BCUT2D eigenvalue weighted by Crippen LogP contribution is -2.22. The van der Waals surface area contributed by atoms with Gasteiger partial charge in [-0.15, -0.1) is 11.8 Å². The Bertz CT molecular complexity index is 932. The minimum absolute atomic E-state index is 0.0453. The molecule has 26 heavy (non-hydrogen) atoms. The summed E-state index contributed by atoms with van der Waals surface area (Å²) in [6, 6.07) is 13.3. The van der Waals surface area contributed by atoms with Gasteiger partial charge in [0.2, 0.25) is 5.91 Å². The molecule has 134 valence electrons. The summed E-state index contributed by atoms with van der Waals surface area (Å²) in [6.07, 6.45) is 2.30. The number of nitrogens with zero attached hydrogens (tertiary/aromatic N) is 1. The van der Waals surface area contributed by atoms with Crippen molar-refractivity contribution in [3.05, 3.63) is 48.4 Å². The van der Waals surface area contributed by atoms with E-state index in [-0.39, 0.29) is 11.2 Å². The number of ether oxygens (including phenoxy) is 1. The fraction of sp³-hybridized carbons (Fsp3) is 0.300. The number of hydrogen-bond acceptors (Lipinski definition) is 5. The van der Waals surface area contributed by atoms with E-state index in [1.165, 1.54) is 11.8 Å². The van der Waals surface area contributed by atoms with Crippen LogP contribution in [-0.2, 0) is 4.79 Å². The maximum atomic E-state index is 12.5. The molecule has 1 saturated carbocycles. The second-order valence-electron chi connectivity index (χ2n) is 6.43. The van der Waals surface area contributed by atoms with Crippen molar-refractivity contribution in [2.24, 2.45) is 0 Å². The summed E-state index contributed by atoms with van der Waals surface area (Å²) in [5.41, 5.74) is 2.30. The highest BCUT2D eigenvalue weighted by molar-refractivity contribution is 8.00. The molecule has 1 aliphatic rings. The molecule has 3 aromatic rings. The third-order valence-electron chi connectivity index (χ3n) is 4.34. The molecule has 0 spiro atoms. The summed E-state index contributed by atoms with van der Waals surface area (Å²) in [5, 5.41) is 2.74. The standard InChI is InChI=1S/C20H20N2O3S/c1-12(26-16-8-6-15(24-2)7-9-16)19(23)21-14-5-10-18-17(11-14)22-20(25-18)13-3-4-13/h5-13H,3-4H2,1-2H3,(H,21,23). The number of fused-ring (bicyclic) bond motifs is 1. The first-order chi connectivity index (χ1) is 12.6. The highest BCUT2D eigenvalue weighted by atomic mass is 32.2. The first-order valence-corrected chi connectivity index (χ1v) is 9.52. The van der Waals surface area contributed by atoms with Crippen LogP contribution in [0.5, 0.6) is 5.75 Å². The zero-order valence-corrected chi connectivity index (χ0v) is 15.5. The average Bonchev–Trinajstić information content (AvgIpc) is 3.42. The van der Waals surface area contributed by atoms with Crippen molar-refractivity contribution in [3.8, 4) is 5.75 Å². The van der Waals surface area contributed by atoms with Crippen LogP contribution < -0.4 is 10.1 Å². The Hall–Kier alpha value is -2.47. The van der Waals surface area contributed by atoms with Crippen LogP contribution in [0.1, 0.15) is 31.6 Å². The molecule has 4 rings (SSSR count). The molecule has 1 N–H and O–H groups in total. The van der Waals surface area contributed by atoms with Gasteiger partial charge < -0.3 is 14.5 Å². The van der Waals surface area contributed by atoms with E-state index in [1.54, 1.807) is 7.11 Å². The van der Waals surface area contributed by atoms with Gasteiger partial charge in [0.25, 0.3) is 0 Å². The van der Waals surface area contributed by atoms with Gasteiger partial charge in [0.15, 0.2) is 11.5 Å². The van der Waals surface area contributed by atoms with Crippen molar-refractivity contribution >= 4 is 34.5 Å². The number of amides is 1. The Kier molecular flexibility index (Phi) is 4.59. The molecule has 1 fully saturated rings. The van der Waals surface area contributed by atoms with Crippen LogP contribution in [0.3, 0.4) is 0 Å². The molecule has 5 nitrogen and oxygen atoms in total. The first kappa shape index (κ1) is 17.0. The van der Waals surface area contributed by atoms with E-state index in [1.807, 2.05) is 49.4 Å². The molecule has 1 heterocycles. The molecule has 1 atom stereocenters. The van der Waals surface area contributed by atoms with Crippen molar-refractivity contribution in [1.82, 2.24) is 4.98 Å². The van der Waals surface area contributed by atoms with Gasteiger partial charge in [-0.25, -0.2) is 4.98 Å². The number of hydrogen-bond donors (Lipinski definition) is 1. The Labute approximate surface area is 156 Å². The normalized spacial score (nSPS) is 15.0. The molecular formula is C20H20N2O3S. The second-order valence-corrected chi connectivity index (χ2v) is 7.85. The number of methoxy groups -OCH3 is 1. The van der Waals surface area contributed by atoms with Crippen molar-refractivity contribution < 1.29 is 13.9 Å². The number of carbonyl (C=O) groups excluding carboxylic acids is 1. The minimum Gasteiger partial charge on any atom is -0.497 e. The van der Waals surface area contributed by atoms with Gasteiger partial charge in [-0.1, -0.05) is 0 Å². The van der Waals surface area contributed by atoms with Crippen LogP contribution in [0, 0.1) is 0 Å². The molecule has 6 heteroatoms. The largest absolute Gasteiger partial charge is 0.497 e. The van der Waals surface area contributed by atoms with Crippen molar-refractivity contribution in [2.75, 3.05) is 12.4 Å². The third-order valence-corrected chi connectivity index (χ3v) is 5.45. The van der Waals surface area contributed by atoms with Crippen molar-refractivity contribution in [2.45, 2.75) is 35.8 Å². The van der Waals surface area contributed by atoms with E-state index in [0.717, 1.165) is 46.2 Å². The van der Waals surface area contributed by atoms with E-state index in [0.29, 0.717) is 5.92 Å². The summed E-state index contributed by atoms with van der Waals surface area (Å²) < 4.78 is 10.9. The van der Waals surface area contributed by atoms with Gasteiger partial charge in [0.05, 0.1) is 12.4 Å². The molecule has 1 aromatic heterocycles. The molecule has 2 aromatic carbocycles. The molecule has 0 aliphatic heterocycles. The van der Waals surface area contributed by atoms with Crippen molar-refractivity contribution in [3.63, 3.8) is 0 Å². The lowest BCUT2D eigenvalue weighted by Gasteiger charge is -2.12. The number of carbonyl (C=O) groups is 1. The highest BCUT2D eigenvalue weighted by Gasteiger charge is 2.29. The molecule has 0 bridgehead atoms. The SMILES string of the molecule is COc1ccc(SC(C)C(=O)Nc2ccc3oc(C4CC4)nc3c2)cc1. The molecule has 0 saturated heterocycles. The van der Waals surface area contributed by atoms with Crippen LogP contribution >= 0.6 is 11.8 Å². The lowest BCUT2D eigenvalue weighted by molar-refractivity contribution is -0.115. The summed E-state index contributed by atoms with van der Waals surface area (Å²) >= 11 is 1.51. The van der Waals surface area contributed by atoms with Gasteiger partial charge in [0.1, 0.15) is 11.3 Å². The Morgan fingerprint density at radius 3 is 2.73 bits per heavy atom. The van der Waals surface area contributed by atoms with Gasteiger partial charge in [-0.2, -0.15) is 0 Å². The number of rotatable bonds is 6. The molecule has 1 amide bonds. The fourth-order valence-electron chi connectivity index (χ4n) is 2.68. The van der Waals surface area contributed by atoms with Crippen LogP contribution in [-0.4, -0.2) is 23.3 Å². The zero-order valence-electron chi connectivity index (χ0n) is 14.7. The molecule has 0 radical (unpaired) electrons. The summed E-state index contributed by atoms with van der Waals surface area (Å²) in [6.45, 7) is 1.89. The Morgan fingerprint density at radius 1 is 1.27 bits per heavy atom. The van der Waals surface area contributed by atoms with Gasteiger partial charge in [-0.05, 0) is 62.2 Å². The number of thioether (sulfide) groups is 1. The monoisotopic (exact) mass is 368 g/mol. The van der Waals surface area contributed by atoms with Crippen molar-refractivity contribution in [1.29, 1.82) is 0 Å². The molecule has 1 aliphatic carbocycles. The van der Waals surface area contributed by atoms with Crippen LogP contribution in [0.2, 0.25) is 0 Å². The number of benzene rings is 2. The Morgan fingerprint density at radius 2 is 2.04 bits per heavy atom. The number of aromatic nitrogens is 1. The van der Waals surface area contributed by atoms with E-state index in [4.69, 9.17) is 9.15 Å². The minimum atomic E-state index is -0.224. The highest BCUT2D eigenvalue weighted by Crippen LogP contribution is 2.40. The maximum absolute atomic E-state index is 12.5. The van der Waals surface area contributed by atoms with E-state index >= 15 is 0 Å². The maximum Gasteiger partial charge on any atom is 0.237 e. The summed E-state index contributed by atoms with van der Waals surface area (Å²) in [7, 11) is 1.64. The van der Waals surface area contributed by atoms with Crippen LogP contribution in [0.4, 0.5) is 5.69 Å². The van der Waals surface area contributed by atoms with Crippen LogP contribution in [0.15, 0.2) is 51.8 Å². The summed E-state index contributed by atoms with van der Waals surface area (Å²) in [5.74, 6) is 2.04. The predicted octanol–water partition coefficient (Wildman–Crippen LogP) is 4.83. The number of nitrogens with one attached hydrogen (secondary N) is 1. The number of oxazole rings is 1. The number of anilines is 1. The average molecular weight is 368 g/mol. The van der Waals surface area contributed by atoms with E-state index in [9.17, 15) is 4.79 Å². The van der Waals surface area contributed by atoms with Gasteiger partial charge in [-0.3, -0.25) is 4.79 Å². The van der Waals surface area contributed by atoms with E-state index < -0.39 is 0 Å². The molecule has 1 unspecified atom stereocenters. The molecular weight excluding hydrogens is 348 g/mol.